The molecule has 0 spiro atoms. The lowest BCUT2D eigenvalue weighted by atomic mass is 10.1. The van der Waals surface area contributed by atoms with E-state index in [1.165, 1.54) is 17.3 Å². The molecule has 0 radical (unpaired) electrons. The highest BCUT2D eigenvalue weighted by atomic mass is 32.2. The van der Waals surface area contributed by atoms with E-state index in [1.807, 2.05) is 67.9 Å². The number of rotatable bonds is 7. The third-order valence-corrected chi connectivity index (χ3v) is 4.91. The SMILES string of the molecule is CCOc1ccc(NC(=O)CSc2nnc(-c3cccc(C)c3)n2C)cc1. The Balaban J connectivity index is 1.59. The third kappa shape index (κ3) is 4.89. The number of benzene rings is 2. The summed E-state index contributed by atoms with van der Waals surface area (Å²) in [6.45, 7) is 4.59. The van der Waals surface area contributed by atoms with Crippen LogP contribution in [0.5, 0.6) is 5.75 Å². The van der Waals surface area contributed by atoms with Gasteiger partial charge in [0.05, 0.1) is 12.4 Å². The summed E-state index contributed by atoms with van der Waals surface area (Å²) in [5.41, 5.74) is 2.91. The fourth-order valence-electron chi connectivity index (χ4n) is 2.60. The molecule has 0 aliphatic rings. The van der Waals surface area contributed by atoms with Crippen LogP contribution in [0, 0.1) is 6.92 Å². The van der Waals surface area contributed by atoms with Crippen LogP contribution in [0.3, 0.4) is 0 Å². The van der Waals surface area contributed by atoms with Crippen molar-refractivity contribution in [1.29, 1.82) is 0 Å². The van der Waals surface area contributed by atoms with Crippen LogP contribution >= 0.6 is 11.8 Å². The van der Waals surface area contributed by atoms with Gasteiger partial charge in [-0.25, -0.2) is 0 Å². The minimum Gasteiger partial charge on any atom is -0.494 e. The van der Waals surface area contributed by atoms with Crippen molar-refractivity contribution >= 4 is 23.4 Å². The van der Waals surface area contributed by atoms with Gasteiger partial charge in [-0.1, -0.05) is 35.5 Å². The zero-order chi connectivity index (χ0) is 19.2. The van der Waals surface area contributed by atoms with Gasteiger partial charge in [-0.15, -0.1) is 10.2 Å². The molecule has 0 saturated heterocycles. The number of aromatic nitrogens is 3. The molecule has 2 aromatic carbocycles. The van der Waals surface area contributed by atoms with Crippen LogP contribution in [0.25, 0.3) is 11.4 Å². The molecule has 0 unspecified atom stereocenters. The van der Waals surface area contributed by atoms with Gasteiger partial charge >= 0.3 is 0 Å². The van der Waals surface area contributed by atoms with Gasteiger partial charge < -0.3 is 14.6 Å². The van der Waals surface area contributed by atoms with Crippen molar-refractivity contribution < 1.29 is 9.53 Å². The van der Waals surface area contributed by atoms with Crippen LogP contribution in [0.2, 0.25) is 0 Å². The first-order valence-corrected chi connectivity index (χ1v) is 9.67. The molecule has 0 saturated carbocycles. The molecule has 0 aliphatic carbocycles. The summed E-state index contributed by atoms with van der Waals surface area (Å²) >= 11 is 1.36. The molecule has 1 heterocycles. The molecule has 3 aromatic rings. The Hall–Kier alpha value is -2.80. The molecule has 27 heavy (non-hydrogen) atoms. The van der Waals surface area contributed by atoms with Gasteiger partial charge in [0.25, 0.3) is 0 Å². The van der Waals surface area contributed by atoms with Crippen LogP contribution in [0.1, 0.15) is 12.5 Å². The van der Waals surface area contributed by atoms with E-state index in [2.05, 4.69) is 21.6 Å². The number of carbonyl (C=O) groups is 1. The molecular weight excluding hydrogens is 360 g/mol. The fourth-order valence-corrected chi connectivity index (χ4v) is 3.32. The van der Waals surface area contributed by atoms with E-state index >= 15 is 0 Å². The minimum atomic E-state index is -0.0933. The highest BCUT2D eigenvalue weighted by Crippen LogP contribution is 2.23. The smallest absolute Gasteiger partial charge is 0.234 e. The number of hydrogen-bond acceptors (Lipinski definition) is 5. The number of nitrogens with one attached hydrogen (secondary N) is 1. The fraction of sp³-hybridized carbons (Fsp3) is 0.250. The molecule has 7 heteroatoms. The Morgan fingerprint density at radius 2 is 1.96 bits per heavy atom. The van der Waals surface area contributed by atoms with Crippen molar-refractivity contribution in [1.82, 2.24) is 14.8 Å². The highest BCUT2D eigenvalue weighted by molar-refractivity contribution is 7.99. The van der Waals surface area contributed by atoms with Gasteiger partial charge in [-0.2, -0.15) is 0 Å². The highest BCUT2D eigenvalue weighted by Gasteiger charge is 2.13. The van der Waals surface area contributed by atoms with E-state index in [0.717, 1.165) is 22.8 Å². The van der Waals surface area contributed by atoms with Gasteiger partial charge in [0.15, 0.2) is 11.0 Å². The first kappa shape index (κ1) is 19.0. The van der Waals surface area contributed by atoms with Crippen molar-refractivity contribution in [2.24, 2.45) is 7.05 Å². The molecular formula is C20H22N4O2S. The zero-order valence-corrected chi connectivity index (χ0v) is 16.4. The Bertz CT molecular complexity index is 922. The van der Waals surface area contributed by atoms with E-state index in [9.17, 15) is 4.79 Å². The summed E-state index contributed by atoms with van der Waals surface area (Å²) in [6.07, 6.45) is 0. The molecule has 0 atom stereocenters. The molecule has 1 amide bonds. The van der Waals surface area contributed by atoms with Crippen molar-refractivity contribution in [3.8, 4) is 17.1 Å². The zero-order valence-electron chi connectivity index (χ0n) is 15.6. The number of amides is 1. The summed E-state index contributed by atoms with van der Waals surface area (Å²) in [4.78, 5) is 12.2. The summed E-state index contributed by atoms with van der Waals surface area (Å²) in [6, 6.07) is 15.4. The van der Waals surface area contributed by atoms with Gasteiger partial charge in [0, 0.05) is 18.3 Å². The molecule has 6 nitrogen and oxygen atoms in total. The van der Waals surface area contributed by atoms with Gasteiger partial charge in [-0.05, 0) is 44.2 Å². The summed E-state index contributed by atoms with van der Waals surface area (Å²) in [7, 11) is 1.91. The maximum atomic E-state index is 12.2. The number of carbonyl (C=O) groups excluding carboxylic acids is 1. The molecule has 3 rings (SSSR count). The number of hydrogen-bond donors (Lipinski definition) is 1. The van der Waals surface area contributed by atoms with Crippen LogP contribution in [-0.4, -0.2) is 33.0 Å². The van der Waals surface area contributed by atoms with E-state index in [0.29, 0.717) is 11.8 Å². The standard InChI is InChI=1S/C20H22N4O2S/c1-4-26-17-10-8-16(9-11-17)21-18(25)13-27-20-23-22-19(24(20)3)15-7-5-6-14(2)12-15/h5-12H,4,13H2,1-3H3,(H,21,25). The van der Waals surface area contributed by atoms with Gasteiger partial charge in [0.2, 0.25) is 5.91 Å². The normalized spacial score (nSPS) is 10.6. The summed E-state index contributed by atoms with van der Waals surface area (Å²) in [5.74, 6) is 1.73. The number of aryl methyl sites for hydroxylation is 1. The minimum absolute atomic E-state index is 0.0933. The summed E-state index contributed by atoms with van der Waals surface area (Å²) < 4.78 is 7.30. The third-order valence-electron chi connectivity index (χ3n) is 3.89. The lowest BCUT2D eigenvalue weighted by molar-refractivity contribution is -0.113. The van der Waals surface area contributed by atoms with E-state index in [1.54, 1.807) is 0 Å². The van der Waals surface area contributed by atoms with E-state index < -0.39 is 0 Å². The molecule has 1 aromatic heterocycles. The molecule has 0 fully saturated rings. The number of anilines is 1. The lowest BCUT2D eigenvalue weighted by Crippen LogP contribution is -2.14. The number of thioether (sulfide) groups is 1. The second-order valence-electron chi connectivity index (χ2n) is 6.03. The van der Waals surface area contributed by atoms with Crippen molar-refractivity contribution in [2.45, 2.75) is 19.0 Å². The quantitative estimate of drug-likeness (QED) is 0.627. The first-order valence-electron chi connectivity index (χ1n) is 8.68. The average Bonchev–Trinajstić information content (AvgIpc) is 3.02. The van der Waals surface area contributed by atoms with Crippen LogP contribution < -0.4 is 10.1 Å². The Kier molecular flexibility index (Phi) is 6.13. The maximum absolute atomic E-state index is 12.2. The van der Waals surface area contributed by atoms with Gasteiger partial charge in [0.1, 0.15) is 5.75 Å². The van der Waals surface area contributed by atoms with Crippen LogP contribution in [0.4, 0.5) is 5.69 Å². The molecule has 0 aliphatic heterocycles. The maximum Gasteiger partial charge on any atom is 0.234 e. The van der Waals surface area contributed by atoms with Crippen LogP contribution in [0.15, 0.2) is 53.7 Å². The number of nitrogens with zero attached hydrogens (tertiary/aromatic N) is 3. The van der Waals surface area contributed by atoms with Crippen molar-refractivity contribution in [3.63, 3.8) is 0 Å². The lowest BCUT2D eigenvalue weighted by Gasteiger charge is -2.07. The second kappa shape index (κ2) is 8.73. The molecule has 140 valence electrons. The van der Waals surface area contributed by atoms with E-state index in [-0.39, 0.29) is 11.7 Å². The largest absolute Gasteiger partial charge is 0.494 e. The second-order valence-corrected chi connectivity index (χ2v) is 6.97. The van der Waals surface area contributed by atoms with Crippen LogP contribution in [-0.2, 0) is 11.8 Å². The Morgan fingerprint density at radius 3 is 2.67 bits per heavy atom. The van der Waals surface area contributed by atoms with Crippen molar-refractivity contribution in [3.05, 3.63) is 54.1 Å². The Labute approximate surface area is 163 Å². The molecule has 1 N–H and O–H groups in total. The van der Waals surface area contributed by atoms with Gasteiger partial charge in [-0.3, -0.25) is 4.79 Å². The predicted octanol–water partition coefficient (Wildman–Crippen LogP) is 3.92. The average molecular weight is 382 g/mol. The molecule has 0 bridgehead atoms. The van der Waals surface area contributed by atoms with Crippen molar-refractivity contribution in [2.75, 3.05) is 17.7 Å². The monoisotopic (exact) mass is 382 g/mol. The first-order chi connectivity index (χ1) is 13.1. The number of ether oxygens (including phenoxy) is 1. The van der Waals surface area contributed by atoms with E-state index in [4.69, 9.17) is 4.74 Å². The predicted molar refractivity (Wildman–Crippen MR) is 108 cm³/mol. The summed E-state index contributed by atoms with van der Waals surface area (Å²) in [5, 5.41) is 12.1. The topological polar surface area (TPSA) is 69.0 Å². The Morgan fingerprint density at radius 1 is 1.19 bits per heavy atom.